The van der Waals surface area contributed by atoms with Crippen LogP contribution in [0.25, 0.3) is 0 Å². The van der Waals surface area contributed by atoms with E-state index < -0.39 is 5.97 Å². The van der Waals surface area contributed by atoms with Gasteiger partial charge in [-0.1, -0.05) is 0 Å². The highest BCUT2D eigenvalue weighted by molar-refractivity contribution is 7.14. The summed E-state index contributed by atoms with van der Waals surface area (Å²) in [4.78, 5) is 28.7. The van der Waals surface area contributed by atoms with Crippen molar-refractivity contribution in [3.05, 3.63) is 11.2 Å². The first kappa shape index (κ1) is 14.4. The van der Waals surface area contributed by atoms with Gasteiger partial charge in [-0.25, -0.2) is 9.78 Å². The predicted octanol–water partition coefficient (Wildman–Crippen LogP) is 1.21. The number of rotatable bonds is 6. The number of hydrogen-bond acceptors (Lipinski definition) is 6. The molecule has 0 aromatic carbocycles. The minimum absolute atomic E-state index is 0.0410. The molecule has 1 amide bonds. The fraction of sp³-hybridized carbons (Fsp3) is 0.545. The molecule has 0 aliphatic rings. The van der Waals surface area contributed by atoms with E-state index in [1.54, 1.807) is 24.4 Å². The first-order chi connectivity index (χ1) is 8.60. The Morgan fingerprint density at radius 3 is 2.83 bits per heavy atom. The molecule has 1 rings (SSSR count). The van der Waals surface area contributed by atoms with Crippen molar-refractivity contribution in [1.29, 1.82) is 0 Å². The van der Waals surface area contributed by atoms with Crippen molar-refractivity contribution in [3.8, 4) is 0 Å². The zero-order valence-corrected chi connectivity index (χ0v) is 11.5. The van der Waals surface area contributed by atoms with E-state index in [2.05, 4.69) is 10.3 Å². The second kappa shape index (κ2) is 6.95. The average Bonchev–Trinajstić information content (AvgIpc) is 2.83. The van der Waals surface area contributed by atoms with Crippen molar-refractivity contribution >= 4 is 28.2 Å². The number of anilines is 1. The van der Waals surface area contributed by atoms with E-state index in [4.69, 9.17) is 4.74 Å². The fourth-order valence-electron chi connectivity index (χ4n) is 1.18. The number of amides is 1. The average molecular weight is 271 g/mol. The lowest BCUT2D eigenvalue weighted by molar-refractivity contribution is -0.127. The number of likely N-dealkylation sites (N-methyl/N-ethyl adjacent to an activating group) is 1. The van der Waals surface area contributed by atoms with Crippen LogP contribution in [0.5, 0.6) is 0 Å². The molecule has 0 fully saturated rings. The van der Waals surface area contributed by atoms with E-state index in [0.717, 1.165) is 0 Å². The van der Waals surface area contributed by atoms with Gasteiger partial charge in [-0.2, -0.15) is 0 Å². The van der Waals surface area contributed by atoms with Crippen LogP contribution >= 0.6 is 11.3 Å². The summed E-state index contributed by atoms with van der Waals surface area (Å²) in [6.07, 6.45) is 0. The largest absolute Gasteiger partial charge is 0.461 e. The van der Waals surface area contributed by atoms with Crippen LogP contribution in [-0.4, -0.2) is 48.5 Å². The SMILES string of the molecule is CCOC(=O)c1ncsc1NCC(=O)N(C)CC. The molecule has 0 bridgehead atoms. The lowest BCUT2D eigenvalue weighted by Gasteiger charge is -2.14. The molecule has 0 saturated carbocycles. The van der Waals surface area contributed by atoms with Crippen molar-refractivity contribution < 1.29 is 14.3 Å². The van der Waals surface area contributed by atoms with E-state index >= 15 is 0 Å². The number of carbonyl (C=O) groups is 2. The molecular weight excluding hydrogens is 254 g/mol. The molecule has 18 heavy (non-hydrogen) atoms. The predicted molar refractivity (Wildman–Crippen MR) is 69.9 cm³/mol. The van der Waals surface area contributed by atoms with Gasteiger partial charge in [0, 0.05) is 13.6 Å². The van der Waals surface area contributed by atoms with Gasteiger partial charge in [0.1, 0.15) is 5.00 Å². The van der Waals surface area contributed by atoms with Crippen LogP contribution in [0.15, 0.2) is 5.51 Å². The maximum Gasteiger partial charge on any atom is 0.360 e. The number of hydrogen-bond donors (Lipinski definition) is 1. The summed E-state index contributed by atoms with van der Waals surface area (Å²) in [5.41, 5.74) is 1.77. The van der Waals surface area contributed by atoms with Gasteiger partial charge in [-0.15, -0.1) is 11.3 Å². The smallest absolute Gasteiger partial charge is 0.360 e. The fourth-order valence-corrected chi connectivity index (χ4v) is 1.85. The molecule has 0 radical (unpaired) electrons. The maximum absolute atomic E-state index is 11.6. The lowest BCUT2D eigenvalue weighted by atomic mass is 10.4. The lowest BCUT2D eigenvalue weighted by Crippen LogP contribution is -2.32. The number of nitrogens with zero attached hydrogens (tertiary/aromatic N) is 2. The van der Waals surface area contributed by atoms with E-state index in [1.807, 2.05) is 6.92 Å². The molecule has 1 heterocycles. The van der Waals surface area contributed by atoms with Gasteiger partial charge in [0.15, 0.2) is 5.69 Å². The number of esters is 1. The van der Waals surface area contributed by atoms with E-state index in [1.165, 1.54) is 11.3 Å². The molecule has 0 aliphatic carbocycles. The molecule has 7 heteroatoms. The molecule has 0 spiro atoms. The normalized spacial score (nSPS) is 9.94. The third-order valence-electron chi connectivity index (χ3n) is 2.34. The Bertz CT molecular complexity index is 419. The van der Waals surface area contributed by atoms with Crippen LogP contribution < -0.4 is 5.32 Å². The Balaban J connectivity index is 2.60. The molecule has 0 saturated heterocycles. The maximum atomic E-state index is 11.6. The Kier molecular flexibility index (Phi) is 5.57. The van der Waals surface area contributed by atoms with Gasteiger partial charge in [-0.3, -0.25) is 4.79 Å². The minimum atomic E-state index is -0.474. The first-order valence-electron chi connectivity index (χ1n) is 5.68. The van der Waals surface area contributed by atoms with Crippen molar-refractivity contribution in [1.82, 2.24) is 9.88 Å². The van der Waals surface area contributed by atoms with E-state index in [9.17, 15) is 9.59 Å². The molecule has 0 aliphatic heterocycles. The zero-order chi connectivity index (χ0) is 13.5. The van der Waals surface area contributed by atoms with Crippen LogP contribution in [0.2, 0.25) is 0 Å². The third kappa shape index (κ3) is 3.69. The Labute approximate surface area is 110 Å². The molecule has 100 valence electrons. The standard InChI is InChI=1S/C11H17N3O3S/c1-4-14(3)8(15)6-12-10-9(13-7-18-10)11(16)17-5-2/h7,12H,4-6H2,1-3H3. The van der Waals surface area contributed by atoms with Crippen LogP contribution in [0.4, 0.5) is 5.00 Å². The number of nitrogens with one attached hydrogen (secondary N) is 1. The number of aromatic nitrogens is 1. The summed E-state index contributed by atoms with van der Waals surface area (Å²) in [6, 6.07) is 0. The molecular formula is C11H17N3O3S. The monoisotopic (exact) mass is 271 g/mol. The second-order valence-corrected chi connectivity index (χ2v) is 4.37. The van der Waals surface area contributed by atoms with E-state index in [0.29, 0.717) is 18.2 Å². The number of ether oxygens (including phenoxy) is 1. The highest BCUT2D eigenvalue weighted by atomic mass is 32.1. The van der Waals surface area contributed by atoms with Gasteiger partial charge in [0.2, 0.25) is 5.91 Å². The summed E-state index contributed by atoms with van der Waals surface area (Å²) in [5, 5.41) is 3.47. The van der Waals surface area contributed by atoms with Crippen LogP contribution in [-0.2, 0) is 9.53 Å². The molecule has 1 N–H and O–H groups in total. The highest BCUT2D eigenvalue weighted by Crippen LogP contribution is 2.20. The summed E-state index contributed by atoms with van der Waals surface area (Å²) in [5.74, 6) is -0.516. The van der Waals surface area contributed by atoms with Crippen molar-refractivity contribution in [3.63, 3.8) is 0 Å². The van der Waals surface area contributed by atoms with Crippen molar-refractivity contribution in [2.24, 2.45) is 0 Å². The van der Waals surface area contributed by atoms with Gasteiger partial charge < -0.3 is 15.0 Å². The van der Waals surface area contributed by atoms with Gasteiger partial charge in [-0.05, 0) is 13.8 Å². The molecule has 1 aromatic heterocycles. The summed E-state index contributed by atoms with van der Waals surface area (Å²) in [7, 11) is 1.73. The van der Waals surface area contributed by atoms with Crippen molar-refractivity contribution in [2.75, 3.05) is 32.1 Å². The summed E-state index contributed by atoms with van der Waals surface area (Å²) in [6.45, 7) is 4.71. The third-order valence-corrected chi connectivity index (χ3v) is 3.12. The van der Waals surface area contributed by atoms with Gasteiger partial charge in [0.05, 0.1) is 18.7 Å². The quantitative estimate of drug-likeness (QED) is 0.787. The Morgan fingerprint density at radius 1 is 1.50 bits per heavy atom. The summed E-state index contributed by atoms with van der Waals surface area (Å²) >= 11 is 1.27. The minimum Gasteiger partial charge on any atom is -0.461 e. The van der Waals surface area contributed by atoms with Crippen LogP contribution in [0, 0.1) is 0 Å². The Morgan fingerprint density at radius 2 is 2.22 bits per heavy atom. The topological polar surface area (TPSA) is 71.5 Å². The molecule has 0 unspecified atom stereocenters. The van der Waals surface area contributed by atoms with Crippen LogP contribution in [0.1, 0.15) is 24.3 Å². The first-order valence-corrected chi connectivity index (χ1v) is 6.56. The Hall–Kier alpha value is -1.63. The second-order valence-electron chi connectivity index (χ2n) is 3.51. The highest BCUT2D eigenvalue weighted by Gasteiger charge is 2.17. The molecule has 1 aromatic rings. The molecule has 6 nitrogen and oxygen atoms in total. The van der Waals surface area contributed by atoms with Gasteiger partial charge >= 0.3 is 5.97 Å². The van der Waals surface area contributed by atoms with Gasteiger partial charge in [0.25, 0.3) is 0 Å². The number of thiazole rings is 1. The van der Waals surface area contributed by atoms with Crippen molar-refractivity contribution in [2.45, 2.75) is 13.8 Å². The van der Waals surface area contributed by atoms with Crippen LogP contribution in [0.3, 0.4) is 0 Å². The zero-order valence-electron chi connectivity index (χ0n) is 10.7. The summed E-state index contributed by atoms with van der Waals surface area (Å²) < 4.78 is 4.87. The van der Waals surface area contributed by atoms with E-state index in [-0.39, 0.29) is 18.1 Å². The number of carbonyl (C=O) groups excluding carboxylic acids is 2. The molecule has 0 atom stereocenters.